The number of aryl methyl sites for hydroxylation is 1. The van der Waals surface area contributed by atoms with Crippen molar-refractivity contribution in [3.8, 4) is 0 Å². The molecule has 2 nitrogen and oxygen atoms in total. The second kappa shape index (κ2) is 4.83. The van der Waals surface area contributed by atoms with Gasteiger partial charge in [0.2, 0.25) is 0 Å². The molecule has 0 saturated heterocycles. The first kappa shape index (κ1) is 13.0. The minimum atomic E-state index is -0.763. The highest BCUT2D eigenvalue weighted by atomic mass is 19.1. The summed E-state index contributed by atoms with van der Waals surface area (Å²) < 4.78 is 12.9. The summed E-state index contributed by atoms with van der Waals surface area (Å²) in [5, 5.41) is 13.2. The Morgan fingerprint density at radius 1 is 1.44 bits per heavy atom. The van der Waals surface area contributed by atoms with Crippen LogP contribution in [0.2, 0.25) is 0 Å². The highest BCUT2D eigenvalue weighted by Crippen LogP contribution is 2.20. The van der Waals surface area contributed by atoms with Gasteiger partial charge in [-0.15, -0.1) is 0 Å². The van der Waals surface area contributed by atoms with E-state index in [1.54, 1.807) is 13.0 Å². The van der Waals surface area contributed by atoms with Gasteiger partial charge >= 0.3 is 0 Å². The smallest absolute Gasteiger partial charge is 0.123 e. The van der Waals surface area contributed by atoms with Gasteiger partial charge in [-0.3, -0.25) is 0 Å². The normalized spacial score (nSPS) is 14.9. The van der Waals surface area contributed by atoms with Gasteiger partial charge in [0.1, 0.15) is 5.82 Å². The average Bonchev–Trinajstić information content (AvgIpc) is 2.16. The maximum absolute atomic E-state index is 12.9. The predicted octanol–water partition coefficient (Wildman–Crippen LogP) is 2.95. The summed E-state index contributed by atoms with van der Waals surface area (Å²) in [4.78, 5) is 0. The minimum absolute atomic E-state index is 0.167. The lowest BCUT2D eigenvalue weighted by Gasteiger charge is -2.28. The van der Waals surface area contributed by atoms with Crippen LogP contribution in [0.4, 0.5) is 10.1 Å². The second-order valence-electron chi connectivity index (χ2n) is 4.82. The number of hydrogen-bond donors (Lipinski definition) is 2. The van der Waals surface area contributed by atoms with Crippen LogP contribution in [0.1, 0.15) is 26.3 Å². The third-order valence-corrected chi connectivity index (χ3v) is 3.07. The Labute approximate surface area is 96.5 Å². The Balaban J connectivity index is 2.68. The number of hydrogen-bond acceptors (Lipinski definition) is 2. The van der Waals surface area contributed by atoms with Gasteiger partial charge in [-0.1, -0.05) is 13.8 Å². The molecule has 0 bridgehead atoms. The first-order valence-corrected chi connectivity index (χ1v) is 5.55. The summed E-state index contributed by atoms with van der Waals surface area (Å²) in [5.41, 5.74) is 0.947. The van der Waals surface area contributed by atoms with E-state index in [9.17, 15) is 9.50 Å². The number of nitrogens with one attached hydrogen (secondary N) is 1. The zero-order valence-corrected chi connectivity index (χ0v) is 10.3. The lowest BCUT2D eigenvalue weighted by molar-refractivity contribution is 0.0266. The summed E-state index contributed by atoms with van der Waals surface area (Å²) in [6.45, 7) is 8.04. The largest absolute Gasteiger partial charge is 0.388 e. The molecule has 0 spiro atoms. The fraction of sp³-hybridized carbons (Fsp3) is 0.538. The third-order valence-electron chi connectivity index (χ3n) is 3.07. The zero-order valence-electron chi connectivity index (χ0n) is 10.3. The van der Waals surface area contributed by atoms with Crippen LogP contribution < -0.4 is 5.32 Å². The molecule has 1 unspecified atom stereocenters. The van der Waals surface area contributed by atoms with Crippen molar-refractivity contribution in [1.82, 2.24) is 0 Å². The number of anilines is 1. The van der Waals surface area contributed by atoms with Crippen molar-refractivity contribution in [3.63, 3.8) is 0 Å². The minimum Gasteiger partial charge on any atom is -0.388 e. The molecule has 0 aliphatic carbocycles. The Morgan fingerprint density at radius 3 is 2.56 bits per heavy atom. The Morgan fingerprint density at radius 2 is 2.06 bits per heavy atom. The molecule has 0 aliphatic rings. The molecule has 2 N–H and O–H groups in total. The molecular weight excluding hydrogens is 205 g/mol. The first-order chi connectivity index (χ1) is 7.33. The van der Waals surface area contributed by atoms with Crippen molar-refractivity contribution in [2.75, 3.05) is 11.9 Å². The molecule has 1 rings (SSSR count). The molecule has 1 aromatic rings. The van der Waals surface area contributed by atoms with E-state index in [1.165, 1.54) is 12.1 Å². The predicted molar refractivity (Wildman–Crippen MR) is 65.1 cm³/mol. The van der Waals surface area contributed by atoms with E-state index < -0.39 is 5.60 Å². The van der Waals surface area contributed by atoms with Crippen LogP contribution in [0, 0.1) is 18.7 Å². The Hall–Kier alpha value is -1.09. The van der Waals surface area contributed by atoms with Gasteiger partial charge in [-0.25, -0.2) is 4.39 Å². The van der Waals surface area contributed by atoms with Gasteiger partial charge < -0.3 is 10.4 Å². The fourth-order valence-corrected chi connectivity index (χ4v) is 1.30. The van der Waals surface area contributed by atoms with E-state index in [0.717, 1.165) is 11.3 Å². The number of aliphatic hydroxyl groups is 1. The molecule has 0 heterocycles. The maximum Gasteiger partial charge on any atom is 0.123 e. The van der Waals surface area contributed by atoms with Gasteiger partial charge in [0, 0.05) is 12.2 Å². The summed E-state index contributed by atoms with van der Waals surface area (Å²) in [5.74, 6) is -0.0700. The highest BCUT2D eigenvalue weighted by molar-refractivity contribution is 5.50. The number of halogens is 1. The van der Waals surface area contributed by atoms with Crippen LogP contribution in [-0.2, 0) is 0 Å². The molecule has 90 valence electrons. The molecule has 0 aliphatic heterocycles. The van der Waals surface area contributed by atoms with Crippen LogP contribution in [0.15, 0.2) is 18.2 Å². The Bertz CT molecular complexity index is 361. The summed E-state index contributed by atoms with van der Waals surface area (Å²) in [6.07, 6.45) is 0. The van der Waals surface area contributed by atoms with Crippen molar-refractivity contribution >= 4 is 5.69 Å². The van der Waals surface area contributed by atoms with Gasteiger partial charge in [0.05, 0.1) is 5.60 Å². The van der Waals surface area contributed by atoms with Crippen LogP contribution in [-0.4, -0.2) is 17.3 Å². The molecule has 0 radical (unpaired) electrons. The SMILES string of the molecule is Cc1cc(F)ccc1NCC(C)(O)C(C)C. The van der Waals surface area contributed by atoms with Crippen molar-refractivity contribution < 1.29 is 9.50 Å². The molecule has 16 heavy (non-hydrogen) atoms. The molecule has 0 aromatic heterocycles. The van der Waals surface area contributed by atoms with Crippen molar-refractivity contribution in [1.29, 1.82) is 0 Å². The molecule has 0 saturated carbocycles. The van der Waals surface area contributed by atoms with Gasteiger partial charge in [0.25, 0.3) is 0 Å². The summed E-state index contributed by atoms with van der Waals surface area (Å²) >= 11 is 0. The number of rotatable bonds is 4. The van der Waals surface area contributed by atoms with Gasteiger partial charge in [0.15, 0.2) is 0 Å². The first-order valence-electron chi connectivity index (χ1n) is 5.55. The lowest BCUT2D eigenvalue weighted by Crippen LogP contribution is -2.38. The van der Waals surface area contributed by atoms with Crippen molar-refractivity contribution in [2.45, 2.75) is 33.3 Å². The average molecular weight is 225 g/mol. The van der Waals surface area contributed by atoms with E-state index in [2.05, 4.69) is 5.32 Å². The Kier molecular flexibility index (Phi) is 3.92. The highest BCUT2D eigenvalue weighted by Gasteiger charge is 2.24. The zero-order chi connectivity index (χ0) is 12.3. The van der Waals surface area contributed by atoms with E-state index in [-0.39, 0.29) is 11.7 Å². The monoisotopic (exact) mass is 225 g/mol. The molecule has 1 atom stereocenters. The molecule has 3 heteroatoms. The molecular formula is C13H20FNO. The summed E-state index contributed by atoms with van der Waals surface area (Å²) in [7, 11) is 0. The van der Waals surface area contributed by atoms with Crippen LogP contribution in [0.5, 0.6) is 0 Å². The maximum atomic E-state index is 12.9. The second-order valence-corrected chi connectivity index (χ2v) is 4.82. The third kappa shape index (κ3) is 3.20. The van der Waals surface area contributed by atoms with E-state index in [1.807, 2.05) is 20.8 Å². The summed E-state index contributed by atoms with van der Waals surface area (Å²) in [6, 6.07) is 4.59. The van der Waals surface area contributed by atoms with E-state index >= 15 is 0 Å². The van der Waals surface area contributed by atoms with Crippen LogP contribution in [0.3, 0.4) is 0 Å². The molecule has 1 aromatic carbocycles. The fourth-order valence-electron chi connectivity index (χ4n) is 1.30. The quantitative estimate of drug-likeness (QED) is 0.825. The molecule has 0 amide bonds. The van der Waals surface area contributed by atoms with Gasteiger partial charge in [-0.2, -0.15) is 0 Å². The number of benzene rings is 1. The topological polar surface area (TPSA) is 32.3 Å². The lowest BCUT2D eigenvalue weighted by atomic mass is 9.92. The van der Waals surface area contributed by atoms with Crippen LogP contribution in [0.25, 0.3) is 0 Å². The van der Waals surface area contributed by atoms with E-state index in [4.69, 9.17) is 0 Å². The standard InChI is InChI=1S/C13H20FNO/c1-9(2)13(4,16)8-15-12-6-5-11(14)7-10(12)3/h5-7,9,15-16H,8H2,1-4H3. The molecule has 0 fully saturated rings. The van der Waals surface area contributed by atoms with E-state index in [0.29, 0.717) is 6.54 Å². The van der Waals surface area contributed by atoms with Crippen molar-refractivity contribution in [3.05, 3.63) is 29.6 Å². The van der Waals surface area contributed by atoms with Crippen molar-refractivity contribution in [2.24, 2.45) is 5.92 Å². The van der Waals surface area contributed by atoms with Gasteiger partial charge in [-0.05, 0) is 43.5 Å². The van der Waals surface area contributed by atoms with Crippen LogP contribution >= 0.6 is 0 Å².